The van der Waals surface area contributed by atoms with Gasteiger partial charge in [0.1, 0.15) is 11.4 Å². The van der Waals surface area contributed by atoms with Gasteiger partial charge >= 0.3 is 15.6 Å². The van der Waals surface area contributed by atoms with Gasteiger partial charge in [-0.3, -0.25) is 46.6 Å². The highest BCUT2D eigenvalue weighted by molar-refractivity contribution is 7.48. The van der Waals surface area contributed by atoms with Crippen molar-refractivity contribution >= 4 is 39.0 Å². The Kier molecular flexibility index (Phi) is 23.4. The van der Waals surface area contributed by atoms with Gasteiger partial charge in [-0.25, -0.2) is 18.5 Å². The number of aryl methyl sites for hydroxylation is 4. The van der Waals surface area contributed by atoms with Crippen molar-refractivity contribution in [2.75, 3.05) is 0 Å². The van der Waals surface area contributed by atoms with E-state index in [4.69, 9.17) is 23.4 Å². The topological polar surface area (TPSA) is 275 Å². The number of nitrogens with zero attached hydrogens (tertiary/aromatic N) is 8. The maximum absolute atomic E-state index is 14.4. The van der Waals surface area contributed by atoms with E-state index < -0.39 is 56.7 Å². The molecule has 22 nitrogen and oxygen atoms in total. The van der Waals surface area contributed by atoms with Gasteiger partial charge in [0.25, 0.3) is 11.8 Å². The van der Waals surface area contributed by atoms with Crippen molar-refractivity contribution in [2.45, 2.75) is 131 Å². The van der Waals surface area contributed by atoms with E-state index in [0.29, 0.717) is 22.8 Å². The molecular formula is C74H84N10O12P2. The minimum absolute atomic E-state index is 0.0696. The molecular weight excluding hydrogens is 1280 g/mol. The Morgan fingerprint density at radius 3 is 1.07 bits per heavy atom. The van der Waals surface area contributed by atoms with Crippen molar-refractivity contribution in [3.8, 4) is 22.3 Å². The fourth-order valence-corrected chi connectivity index (χ4v) is 13.8. The standard InChI is InChI=1S/C41H50N5O6P.C33H34N5O6P/c1-28-36(29(2)46(44-28)27-50-53(49,51-40(3,4)5)52-41(6,7)8)33-22-20-30(21-23-33)26-35(47)38(43-39(48)34-24-25-42-45(34)9)37(31-16-12-10-13-17-31)32-18-14-11-15-19-32;1-22-30(23(2)38(36-22)21-44-45(41,42)43)27-16-14-24(15-17-27)20-29(39)32(35-33(40)28-18-19-34-37(28)3)31(25-10-6-4-7-11-25)26-12-8-5-9-13-26/h10-25,37-38H,26-27H2,1-9H3,(H,43,48);4-19,31-32H,20-21H2,1-3H3,(H,35,40)(H2,41,42,43)/t38-;32-/m11/s1. The first kappa shape index (κ1) is 72.9. The summed E-state index contributed by atoms with van der Waals surface area (Å²) in [6.45, 7) is 17.6. The van der Waals surface area contributed by atoms with Crippen LogP contribution in [0.5, 0.6) is 0 Å². The van der Waals surface area contributed by atoms with Crippen LogP contribution in [0.3, 0.4) is 0 Å². The molecule has 2 amide bonds. The van der Waals surface area contributed by atoms with E-state index >= 15 is 0 Å². The zero-order valence-corrected chi connectivity index (χ0v) is 58.9. The van der Waals surface area contributed by atoms with E-state index in [0.717, 1.165) is 67.0 Å². The molecule has 24 heteroatoms. The molecule has 10 aromatic rings. The van der Waals surface area contributed by atoms with Gasteiger partial charge in [0.05, 0.1) is 34.7 Å². The molecule has 0 aliphatic rings. The lowest BCUT2D eigenvalue weighted by molar-refractivity contribution is -0.121. The number of carbonyl (C=O) groups is 4. The van der Waals surface area contributed by atoms with Crippen LogP contribution in [0.4, 0.5) is 0 Å². The summed E-state index contributed by atoms with van der Waals surface area (Å²) in [6.07, 6.45) is 3.26. The molecule has 512 valence electrons. The van der Waals surface area contributed by atoms with Crippen molar-refractivity contribution < 1.29 is 56.2 Å². The molecule has 0 aliphatic carbocycles. The van der Waals surface area contributed by atoms with Crippen molar-refractivity contribution in [3.63, 3.8) is 0 Å². The van der Waals surface area contributed by atoms with E-state index in [1.165, 1.54) is 20.2 Å². The first-order chi connectivity index (χ1) is 46.4. The quantitative estimate of drug-likeness (QED) is 0.0367. The van der Waals surface area contributed by atoms with Crippen LogP contribution >= 0.6 is 15.6 Å². The van der Waals surface area contributed by atoms with Crippen LogP contribution in [0.15, 0.2) is 194 Å². The predicted molar refractivity (Wildman–Crippen MR) is 374 cm³/mol. The zero-order valence-electron chi connectivity index (χ0n) is 57.1. The van der Waals surface area contributed by atoms with Crippen molar-refractivity contribution in [3.05, 3.63) is 262 Å². The van der Waals surface area contributed by atoms with Crippen molar-refractivity contribution in [2.24, 2.45) is 14.1 Å². The van der Waals surface area contributed by atoms with Crippen LogP contribution in [0.1, 0.15) is 131 Å². The minimum atomic E-state index is -4.65. The number of rotatable bonds is 26. The summed E-state index contributed by atoms with van der Waals surface area (Å²) in [5, 5.41) is 23.4. The number of phosphoric ester groups is 2. The number of amides is 2. The minimum Gasteiger partial charge on any atom is -0.340 e. The second kappa shape index (κ2) is 31.5. The molecule has 0 saturated carbocycles. The third kappa shape index (κ3) is 19.1. The van der Waals surface area contributed by atoms with Crippen LogP contribution < -0.4 is 10.6 Å². The molecule has 0 aliphatic heterocycles. The van der Waals surface area contributed by atoms with Gasteiger partial charge in [0.2, 0.25) is 0 Å². The third-order valence-corrected chi connectivity index (χ3v) is 18.6. The molecule has 0 fully saturated rings. The number of Topliss-reactive ketones (excluding diaryl/α,β-unsaturated/α-hetero) is 2. The van der Waals surface area contributed by atoms with Crippen molar-refractivity contribution in [1.29, 1.82) is 0 Å². The lowest BCUT2D eigenvalue weighted by atomic mass is 9.81. The maximum atomic E-state index is 14.4. The molecule has 0 saturated heterocycles. The molecule has 0 radical (unpaired) electrons. The molecule has 4 aromatic heterocycles. The number of ketones is 2. The average molecular weight is 1370 g/mol. The predicted octanol–water partition coefficient (Wildman–Crippen LogP) is 13.1. The Morgan fingerprint density at radius 2 is 0.786 bits per heavy atom. The molecule has 0 bridgehead atoms. The van der Waals surface area contributed by atoms with Crippen LogP contribution in [0, 0.1) is 27.7 Å². The van der Waals surface area contributed by atoms with E-state index in [1.807, 2.05) is 184 Å². The Labute approximate surface area is 571 Å². The van der Waals surface area contributed by atoms with Gasteiger partial charge in [0.15, 0.2) is 25.0 Å². The Bertz CT molecular complexity index is 4360. The second-order valence-electron chi connectivity index (χ2n) is 25.8. The van der Waals surface area contributed by atoms with E-state index in [2.05, 4.69) is 35.6 Å². The highest BCUT2D eigenvalue weighted by Gasteiger charge is 2.39. The van der Waals surface area contributed by atoms with Gasteiger partial charge < -0.3 is 20.4 Å². The van der Waals surface area contributed by atoms with E-state index in [1.54, 1.807) is 92.5 Å². The van der Waals surface area contributed by atoms with E-state index in [9.17, 15) is 28.3 Å². The van der Waals surface area contributed by atoms with Crippen molar-refractivity contribution in [1.82, 2.24) is 49.8 Å². The number of benzene rings is 6. The molecule has 2 atom stereocenters. The maximum Gasteiger partial charge on any atom is 0.477 e. The van der Waals surface area contributed by atoms with Crippen LogP contribution in [-0.2, 0) is 77.2 Å². The number of nitrogens with one attached hydrogen (secondary N) is 2. The Morgan fingerprint density at radius 1 is 0.469 bits per heavy atom. The molecule has 98 heavy (non-hydrogen) atoms. The summed E-state index contributed by atoms with van der Waals surface area (Å²) < 4.78 is 52.8. The third-order valence-electron chi connectivity index (χ3n) is 16.1. The molecule has 0 spiro atoms. The van der Waals surface area contributed by atoms with Gasteiger partial charge in [-0.15, -0.1) is 0 Å². The van der Waals surface area contributed by atoms with Gasteiger partial charge in [0, 0.05) is 73.7 Å². The average Bonchev–Trinajstić information content (AvgIpc) is 1.45. The smallest absolute Gasteiger partial charge is 0.340 e. The Balaban J connectivity index is 0.000000232. The number of hydrogen-bond acceptors (Lipinski definition) is 14. The summed E-state index contributed by atoms with van der Waals surface area (Å²) in [5.74, 6) is -1.95. The molecule has 4 N–H and O–H groups in total. The largest absolute Gasteiger partial charge is 0.477 e. The first-order valence-electron chi connectivity index (χ1n) is 31.9. The number of carbonyl (C=O) groups excluding carboxylic acids is 4. The van der Waals surface area contributed by atoms with Gasteiger partial charge in [-0.2, -0.15) is 20.4 Å². The highest BCUT2D eigenvalue weighted by Crippen LogP contribution is 2.56. The molecule has 10 rings (SSSR count). The number of phosphoric acid groups is 2. The summed E-state index contributed by atoms with van der Waals surface area (Å²) in [6, 6.07) is 55.5. The van der Waals surface area contributed by atoms with Gasteiger partial charge in [-0.05, 0) is 126 Å². The summed E-state index contributed by atoms with van der Waals surface area (Å²) in [5.41, 5.74) is 10.7. The normalized spacial score (nSPS) is 12.7. The Hall–Kier alpha value is -9.34. The summed E-state index contributed by atoms with van der Waals surface area (Å²) >= 11 is 0. The molecule has 4 heterocycles. The number of aromatic nitrogens is 8. The van der Waals surface area contributed by atoms with Crippen LogP contribution in [0.25, 0.3) is 22.3 Å². The summed E-state index contributed by atoms with van der Waals surface area (Å²) in [4.78, 5) is 73.7. The summed E-state index contributed by atoms with van der Waals surface area (Å²) in [7, 11) is -5.23. The van der Waals surface area contributed by atoms with E-state index in [-0.39, 0.29) is 43.8 Å². The molecule has 0 unspecified atom stereocenters. The lowest BCUT2D eigenvalue weighted by Gasteiger charge is -2.30. The van der Waals surface area contributed by atoms with Crippen LogP contribution in [-0.4, -0.2) is 95.6 Å². The lowest BCUT2D eigenvalue weighted by Crippen LogP contribution is -2.46. The highest BCUT2D eigenvalue weighted by atomic mass is 31.2. The first-order valence-corrected chi connectivity index (χ1v) is 34.9. The number of hydrogen-bond donors (Lipinski definition) is 4. The fraction of sp³-hybridized carbons (Fsp3) is 0.297. The zero-order chi connectivity index (χ0) is 70.7. The van der Waals surface area contributed by atoms with Crippen LogP contribution in [0.2, 0.25) is 0 Å². The monoisotopic (exact) mass is 1370 g/mol. The fourth-order valence-electron chi connectivity index (χ4n) is 11.8. The molecule has 6 aromatic carbocycles. The second-order valence-corrected chi connectivity index (χ2v) is 28.6. The van der Waals surface area contributed by atoms with Gasteiger partial charge in [-0.1, -0.05) is 170 Å². The SMILES string of the molecule is Cc1nn(COP(=O)(O)O)c(C)c1-c1ccc(CC(=O)[C@@H](NC(=O)c2ccnn2C)C(c2ccccc2)c2ccccc2)cc1.Cc1nn(COP(=O)(OC(C)(C)C)OC(C)(C)C)c(C)c1-c1ccc(CC(=O)[C@@H](NC(=O)c2ccnn2C)C(c2ccccc2)c2ccccc2)cc1.